The Bertz CT molecular complexity index is 322. The van der Waals surface area contributed by atoms with Gasteiger partial charge in [0, 0.05) is 6.54 Å². The summed E-state index contributed by atoms with van der Waals surface area (Å²) in [6, 6.07) is 11.0. The summed E-state index contributed by atoms with van der Waals surface area (Å²) in [6.45, 7) is 1.21. The van der Waals surface area contributed by atoms with Gasteiger partial charge in [-0.15, -0.1) is 0 Å². The van der Waals surface area contributed by atoms with Crippen LogP contribution in [0.4, 0.5) is 0 Å². The molecule has 14 heavy (non-hydrogen) atoms. The lowest BCUT2D eigenvalue weighted by Crippen LogP contribution is -2.67. The van der Waals surface area contributed by atoms with E-state index < -0.39 is 0 Å². The van der Waals surface area contributed by atoms with Gasteiger partial charge in [-0.25, -0.2) is 0 Å². The number of hydrogen-bond donors (Lipinski definition) is 1. The van der Waals surface area contributed by atoms with Crippen LogP contribution in [0, 0.1) is 5.41 Å². The maximum atomic E-state index is 3.32. The average molecular weight is 187 g/mol. The minimum absolute atomic E-state index is 0.581. The van der Waals surface area contributed by atoms with Crippen LogP contribution in [-0.2, 0) is 5.41 Å². The monoisotopic (exact) mass is 187 g/mol. The summed E-state index contributed by atoms with van der Waals surface area (Å²) in [4.78, 5) is 0. The zero-order valence-corrected chi connectivity index (χ0v) is 8.72. The van der Waals surface area contributed by atoms with E-state index in [1.165, 1.54) is 25.8 Å². The Labute approximate surface area is 85.5 Å². The largest absolute Gasteiger partial charge is 0.319 e. The van der Waals surface area contributed by atoms with E-state index in [4.69, 9.17) is 0 Å². The zero-order valence-electron chi connectivity index (χ0n) is 8.72. The van der Waals surface area contributed by atoms with Crippen LogP contribution in [0.3, 0.4) is 0 Å². The van der Waals surface area contributed by atoms with Crippen molar-refractivity contribution in [1.82, 2.24) is 5.32 Å². The Hall–Kier alpha value is -0.820. The molecule has 3 aliphatic carbocycles. The number of nitrogens with one attached hydrogen (secondary N) is 1. The normalized spacial score (nSPS) is 38.6. The van der Waals surface area contributed by atoms with Crippen molar-refractivity contribution >= 4 is 0 Å². The highest BCUT2D eigenvalue weighted by molar-refractivity contribution is 5.38. The first-order chi connectivity index (χ1) is 6.79. The number of rotatable bonds is 3. The predicted octanol–water partition coefficient (Wildman–Crippen LogP) is 2.33. The van der Waals surface area contributed by atoms with Crippen molar-refractivity contribution in [2.24, 2.45) is 5.41 Å². The first kappa shape index (κ1) is 8.49. The van der Waals surface area contributed by atoms with Gasteiger partial charge in [0.2, 0.25) is 0 Å². The van der Waals surface area contributed by atoms with Gasteiger partial charge in [-0.3, -0.25) is 0 Å². The number of benzene rings is 1. The molecule has 3 aliphatic rings. The van der Waals surface area contributed by atoms with E-state index in [0.717, 1.165) is 0 Å². The molecule has 74 valence electrons. The lowest BCUT2D eigenvalue weighted by atomic mass is 9.33. The zero-order chi connectivity index (χ0) is 9.65. The van der Waals surface area contributed by atoms with Crippen LogP contribution < -0.4 is 5.32 Å². The van der Waals surface area contributed by atoms with E-state index in [1.807, 2.05) is 0 Å². The molecule has 0 atom stereocenters. The Morgan fingerprint density at radius 2 is 1.79 bits per heavy atom. The van der Waals surface area contributed by atoms with Gasteiger partial charge in [0.15, 0.2) is 0 Å². The van der Waals surface area contributed by atoms with Gasteiger partial charge in [0.05, 0.1) is 0 Å². The molecule has 3 fully saturated rings. The topological polar surface area (TPSA) is 12.0 Å². The molecular formula is C13H17N. The molecule has 1 N–H and O–H groups in total. The van der Waals surface area contributed by atoms with Crippen LogP contribution in [0.5, 0.6) is 0 Å². The van der Waals surface area contributed by atoms with Gasteiger partial charge in [0.25, 0.3) is 0 Å². The van der Waals surface area contributed by atoms with E-state index in [0.29, 0.717) is 10.8 Å². The summed E-state index contributed by atoms with van der Waals surface area (Å²) in [5, 5.41) is 3.32. The summed E-state index contributed by atoms with van der Waals surface area (Å²) >= 11 is 0. The SMILES string of the molecule is CNCC12CC(c3ccccc3)(C1)C2. The molecule has 1 heteroatoms. The molecule has 0 saturated heterocycles. The van der Waals surface area contributed by atoms with Gasteiger partial charge < -0.3 is 5.32 Å². The second-order valence-corrected chi connectivity index (χ2v) is 5.21. The Balaban J connectivity index is 1.75. The standard InChI is InChI=1S/C13H17N/c1-14-10-12-7-13(8-12,9-12)11-5-3-2-4-6-11/h2-6,14H,7-10H2,1H3. The highest BCUT2D eigenvalue weighted by atomic mass is 14.9. The maximum Gasteiger partial charge on any atom is 0.000577 e. The van der Waals surface area contributed by atoms with Crippen LogP contribution in [0.15, 0.2) is 30.3 Å². The quantitative estimate of drug-likeness (QED) is 0.765. The molecule has 0 unspecified atom stereocenters. The van der Waals surface area contributed by atoms with Crippen LogP contribution in [-0.4, -0.2) is 13.6 Å². The Kier molecular flexibility index (Phi) is 1.58. The second kappa shape index (κ2) is 2.60. The van der Waals surface area contributed by atoms with Crippen LogP contribution >= 0.6 is 0 Å². The molecule has 0 amide bonds. The van der Waals surface area contributed by atoms with Gasteiger partial charge >= 0.3 is 0 Å². The maximum absolute atomic E-state index is 3.32. The molecule has 1 aromatic carbocycles. The molecule has 3 saturated carbocycles. The van der Waals surface area contributed by atoms with Gasteiger partial charge in [-0.1, -0.05) is 30.3 Å². The van der Waals surface area contributed by atoms with Crippen molar-refractivity contribution in [2.75, 3.05) is 13.6 Å². The lowest BCUT2D eigenvalue weighted by molar-refractivity contribution is -0.137. The van der Waals surface area contributed by atoms with Crippen LogP contribution in [0.1, 0.15) is 24.8 Å². The van der Waals surface area contributed by atoms with Gasteiger partial charge in [-0.2, -0.15) is 0 Å². The summed E-state index contributed by atoms with van der Waals surface area (Å²) in [5.41, 5.74) is 2.82. The molecule has 0 heterocycles. The van der Waals surface area contributed by atoms with Gasteiger partial charge in [0.1, 0.15) is 0 Å². The summed E-state index contributed by atoms with van der Waals surface area (Å²) in [7, 11) is 2.07. The molecule has 1 nitrogen and oxygen atoms in total. The lowest BCUT2D eigenvalue weighted by Gasteiger charge is -2.71. The molecule has 0 radical (unpaired) electrons. The fourth-order valence-corrected chi connectivity index (χ4v) is 3.66. The van der Waals surface area contributed by atoms with Crippen molar-refractivity contribution in [3.63, 3.8) is 0 Å². The van der Waals surface area contributed by atoms with Crippen molar-refractivity contribution < 1.29 is 0 Å². The average Bonchev–Trinajstić information content (AvgIpc) is 2.10. The third-order valence-electron chi connectivity index (χ3n) is 4.08. The van der Waals surface area contributed by atoms with E-state index in [9.17, 15) is 0 Å². The van der Waals surface area contributed by atoms with Crippen molar-refractivity contribution in [1.29, 1.82) is 0 Å². The van der Waals surface area contributed by atoms with Crippen LogP contribution in [0.25, 0.3) is 0 Å². The summed E-state index contributed by atoms with van der Waals surface area (Å²) in [6.07, 6.45) is 4.22. The van der Waals surface area contributed by atoms with E-state index >= 15 is 0 Å². The van der Waals surface area contributed by atoms with E-state index in [1.54, 1.807) is 5.56 Å². The summed E-state index contributed by atoms with van der Waals surface area (Å²) < 4.78 is 0. The fourth-order valence-electron chi connectivity index (χ4n) is 3.66. The highest BCUT2D eigenvalue weighted by Crippen LogP contribution is 2.73. The molecule has 0 spiro atoms. The van der Waals surface area contributed by atoms with E-state index in [-0.39, 0.29) is 0 Å². The summed E-state index contributed by atoms with van der Waals surface area (Å²) in [5.74, 6) is 0. The van der Waals surface area contributed by atoms with E-state index in [2.05, 4.69) is 42.7 Å². The minimum atomic E-state index is 0.581. The molecule has 4 rings (SSSR count). The second-order valence-electron chi connectivity index (χ2n) is 5.21. The Morgan fingerprint density at radius 3 is 2.36 bits per heavy atom. The molecule has 0 aliphatic heterocycles. The van der Waals surface area contributed by atoms with Crippen molar-refractivity contribution in [3.05, 3.63) is 35.9 Å². The molecule has 2 bridgehead atoms. The van der Waals surface area contributed by atoms with Crippen molar-refractivity contribution in [3.8, 4) is 0 Å². The smallest absolute Gasteiger partial charge is 0.000577 e. The molecule has 0 aromatic heterocycles. The minimum Gasteiger partial charge on any atom is -0.319 e. The first-order valence-electron chi connectivity index (χ1n) is 5.49. The first-order valence-corrected chi connectivity index (χ1v) is 5.49. The third-order valence-corrected chi connectivity index (χ3v) is 4.08. The van der Waals surface area contributed by atoms with Gasteiger partial charge in [-0.05, 0) is 42.7 Å². The van der Waals surface area contributed by atoms with Crippen LogP contribution in [0.2, 0.25) is 0 Å². The molecular weight excluding hydrogens is 170 g/mol. The molecule has 1 aromatic rings. The predicted molar refractivity (Wildman–Crippen MR) is 58.3 cm³/mol. The highest BCUT2D eigenvalue weighted by Gasteiger charge is 2.67. The third kappa shape index (κ3) is 0.936. The number of hydrogen-bond acceptors (Lipinski definition) is 1. The Morgan fingerprint density at radius 1 is 1.14 bits per heavy atom. The van der Waals surface area contributed by atoms with Crippen molar-refractivity contribution in [2.45, 2.75) is 24.7 Å². The fraction of sp³-hybridized carbons (Fsp3) is 0.538.